The van der Waals surface area contributed by atoms with Crippen molar-refractivity contribution in [1.82, 2.24) is 0 Å². The van der Waals surface area contributed by atoms with Crippen LogP contribution in [-0.2, 0) is 4.79 Å². The summed E-state index contributed by atoms with van der Waals surface area (Å²) in [6.45, 7) is 0. The highest BCUT2D eigenvalue weighted by molar-refractivity contribution is 7.98. The van der Waals surface area contributed by atoms with E-state index >= 15 is 0 Å². The van der Waals surface area contributed by atoms with Gasteiger partial charge in [-0.05, 0) is 61.0 Å². The van der Waals surface area contributed by atoms with Gasteiger partial charge >= 0.3 is 0 Å². The van der Waals surface area contributed by atoms with Gasteiger partial charge in [-0.25, -0.2) is 0 Å². The first-order valence-corrected chi connectivity index (χ1v) is 9.99. The molecular formula is C21H23NOS. The summed E-state index contributed by atoms with van der Waals surface area (Å²) in [4.78, 5) is 14.3. The Morgan fingerprint density at radius 1 is 1.00 bits per heavy atom. The largest absolute Gasteiger partial charge is 0.325 e. The zero-order chi connectivity index (χ0) is 16.5. The molecule has 1 N–H and O–H groups in total. The first-order valence-electron chi connectivity index (χ1n) is 8.76. The Kier molecular flexibility index (Phi) is 4.36. The fourth-order valence-electron chi connectivity index (χ4n) is 4.79. The van der Waals surface area contributed by atoms with Gasteiger partial charge in [-0.2, -0.15) is 0 Å². The Morgan fingerprint density at radius 2 is 1.71 bits per heavy atom. The highest BCUT2D eigenvalue weighted by atomic mass is 32.2. The molecule has 2 aromatic rings. The van der Waals surface area contributed by atoms with Gasteiger partial charge in [0.15, 0.2) is 0 Å². The maximum atomic E-state index is 13.1. The molecule has 2 aromatic carbocycles. The highest BCUT2D eigenvalue weighted by Gasteiger charge is 2.51. The van der Waals surface area contributed by atoms with Crippen LogP contribution in [0.3, 0.4) is 0 Å². The molecule has 0 unspecified atom stereocenters. The number of carbonyl (C=O) groups is 1. The van der Waals surface area contributed by atoms with E-state index < -0.39 is 0 Å². The molecule has 0 aliphatic heterocycles. The molecular weight excluding hydrogens is 314 g/mol. The van der Waals surface area contributed by atoms with Crippen molar-refractivity contribution in [2.75, 3.05) is 11.6 Å². The lowest BCUT2D eigenvalue weighted by atomic mass is 9.75. The summed E-state index contributed by atoms with van der Waals surface area (Å²) in [5.74, 6) is 1.91. The molecule has 2 fully saturated rings. The summed E-state index contributed by atoms with van der Waals surface area (Å²) in [6.07, 6.45) is 5.74. The van der Waals surface area contributed by atoms with E-state index in [9.17, 15) is 4.79 Å². The second-order valence-electron chi connectivity index (χ2n) is 6.98. The Balaban J connectivity index is 1.60. The van der Waals surface area contributed by atoms with E-state index in [1.54, 1.807) is 11.8 Å². The molecule has 0 aromatic heterocycles. The molecule has 3 heteroatoms. The van der Waals surface area contributed by atoms with Gasteiger partial charge in [-0.3, -0.25) is 4.79 Å². The van der Waals surface area contributed by atoms with Gasteiger partial charge in [0.25, 0.3) is 0 Å². The molecule has 4 rings (SSSR count). The van der Waals surface area contributed by atoms with Gasteiger partial charge in [0.05, 0.1) is 5.69 Å². The van der Waals surface area contributed by atoms with Crippen LogP contribution in [0.1, 0.15) is 30.7 Å². The molecule has 24 heavy (non-hydrogen) atoms. The van der Waals surface area contributed by atoms with E-state index in [-0.39, 0.29) is 11.8 Å². The third kappa shape index (κ3) is 2.75. The molecule has 4 atom stereocenters. The van der Waals surface area contributed by atoms with Crippen LogP contribution in [0.2, 0.25) is 0 Å². The molecule has 2 saturated carbocycles. The van der Waals surface area contributed by atoms with Crippen molar-refractivity contribution >= 4 is 23.4 Å². The third-order valence-electron chi connectivity index (χ3n) is 5.77. The minimum Gasteiger partial charge on any atom is -0.325 e. The Labute approximate surface area is 148 Å². The molecule has 2 aliphatic carbocycles. The highest BCUT2D eigenvalue weighted by Crippen LogP contribution is 2.56. The van der Waals surface area contributed by atoms with E-state index in [0.29, 0.717) is 17.8 Å². The fourth-order valence-corrected chi connectivity index (χ4v) is 5.34. The summed E-state index contributed by atoms with van der Waals surface area (Å²) in [5, 5.41) is 3.23. The number of rotatable bonds is 4. The number of anilines is 1. The second-order valence-corrected chi connectivity index (χ2v) is 7.83. The number of para-hydroxylation sites is 1. The van der Waals surface area contributed by atoms with E-state index in [1.807, 2.05) is 18.2 Å². The summed E-state index contributed by atoms with van der Waals surface area (Å²) in [6, 6.07) is 18.7. The lowest BCUT2D eigenvalue weighted by molar-refractivity contribution is -0.121. The summed E-state index contributed by atoms with van der Waals surface area (Å²) in [5.41, 5.74) is 2.28. The average Bonchev–Trinajstić information content (AvgIpc) is 3.24. The predicted octanol–water partition coefficient (Wildman–Crippen LogP) is 5.18. The van der Waals surface area contributed by atoms with Crippen molar-refractivity contribution in [3.8, 4) is 0 Å². The zero-order valence-electron chi connectivity index (χ0n) is 13.9. The van der Waals surface area contributed by atoms with Crippen LogP contribution in [0.5, 0.6) is 0 Å². The topological polar surface area (TPSA) is 29.1 Å². The number of benzene rings is 2. The van der Waals surface area contributed by atoms with Crippen LogP contribution in [-0.4, -0.2) is 12.2 Å². The van der Waals surface area contributed by atoms with Crippen LogP contribution in [0, 0.1) is 17.8 Å². The van der Waals surface area contributed by atoms with E-state index in [0.717, 1.165) is 10.6 Å². The van der Waals surface area contributed by atoms with Crippen LogP contribution in [0.25, 0.3) is 0 Å². The minimum absolute atomic E-state index is 0.112. The number of fused-ring (bicyclic) bond motifs is 2. The second kappa shape index (κ2) is 6.64. The first kappa shape index (κ1) is 15.8. The molecule has 2 aliphatic rings. The van der Waals surface area contributed by atoms with Crippen molar-refractivity contribution < 1.29 is 4.79 Å². The van der Waals surface area contributed by atoms with Crippen LogP contribution in [0.15, 0.2) is 59.5 Å². The summed E-state index contributed by atoms with van der Waals surface area (Å²) < 4.78 is 0. The van der Waals surface area contributed by atoms with E-state index in [2.05, 4.69) is 48.0 Å². The SMILES string of the molecule is CSc1ccccc1NC(=O)[C@H]1[C@H]2CC[C@H](C2)[C@H]1c1ccccc1. The molecule has 0 radical (unpaired) electrons. The molecule has 0 spiro atoms. The van der Waals surface area contributed by atoms with Crippen LogP contribution in [0.4, 0.5) is 5.69 Å². The normalized spacial score (nSPS) is 28.0. The van der Waals surface area contributed by atoms with E-state index in [4.69, 9.17) is 0 Å². The predicted molar refractivity (Wildman–Crippen MR) is 100 cm³/mol. The Bertz CT molecular complexity index is 730. The molecule has 124 valence electrons. The Morgan fingerprint density at radius 3 is 2.50 bits per heavy atom. The number of nitrogens with one attached hydrogen (secondary N) is 1. The van der Waals surface area contributed by atoms with Crippen LogP contribution < -0.4 is 5.32 Å². The Hall–Kier alpha value is -1.74. The number of carbonyl (C=O) groups excluding carboxylic acids is 1. The maximum absolute atomic E-state index is 13.1. The maximum Gasteiger partial charge on any atom is 0.228 e. The number of thioether (sulfide) groups is 1. The van der Waals surface area contributed by atoms with E-state index in [1.165, 1.54) is 24.8 Å². The minimum atomic E-state index is 0.112. The average molecular weight is 337 g/mol. The zero-order valence-corrected chi connectivity index (χ0v) is 14.8. The molecule has 0 saturated heterocycles. The first-order chi connectivity index (χ1) is 11.8. The number of amides is 1. The van der Waals surface area contributed by atoms with Crippen molar-refractivity contribution in [2.24, 2.45) is 17.8 Å². The molecule has 2 bridgehead atoms. The molecule has 1 amide bonds. The van der Waals surface area contributed by atoms with Crippen molar-refractivity contribution in [1.29, 1.82) is 0 Å². The smallest absolute Gasteiger partial charge is 0.228 e. The van der Waals surface area contributed by atoms with Crippen molar-refractivity contribution in [3.05, 3.63) is 60.2 Å². The number of hydrogen-bond donors (Lipinski definition) is 1. The van der Waals surface area contributed by atoms with Gasteiger partial charge in [0.1, 0.15) is 0 Å². The third-order valence-corrected chi connectivity index (χ3v) is 6.56. The van der Waals surface area contributed by atoms with Gasteiger partial charge in [0.2, 0.25) is 5.91 Å². The van der Waals surface area contributed by atoms with Gasteiger partial charge in [-0.15, -0.1) is 11.8 Å². The fraction of sp³-hybridized carbons (Fsp3) is 0.381. The molecule has 0 heterocycles. The lowest BCUT2D eigenvalue weighted by Crippen LogP contribution is -2.32. The summed E-state index contributed by atoms with van der Waals surface area (Å²) in [7, 11) is 0. The van der Waals surface area contributed by atoms with Gasteiger partial charge in [-0.1, -0.05) is 42.5 Å². The standard InChI is InChI=1S/C21H23NOS/c1-24-18-10-6-5-9-17(18)22-21(23)20-16-12-11-15(13-16)19(20)14-7-3-2-4-8-14/h2-10,15-16,19-20H,11-13H2,1H3,(H,22,23)/t15-,16+,19-,20+/m1/s1. The lowest BCUT2D eigenvalue weighted by Gasteiger charge is -2.30. The van der Waals surface area contributed by atoms with Crippen LogP contribution >= 0.6 is 11.8 Å². The van der Waals surface area contributed by atoms with Crippen molar-refractivity contribution in [2.45, 2.75) is 30.1 Å². The summed E-state index contributed by atoms with van der Waals surface area (Å²) >= 11 is 1.68. The number of hydrogen-bond acceptors (Lipinski definition) is 2. The quantitative estimate of drug-likeness (QED) is 0.779. The van der Waals surface area contributed by atoms with Gasteiger partial charge in [0, 0.05) is 10.8 Å². The van der Waals surface area contributed by atoms with Crippen molar-refractivity contribution in [3.63, 3.8) is 0 Å². The van der Waals surface area contributed by atoms with Gasteiger partial charge < -0.3 is 5.32 Å². The molecule has 2 nitrogen and oxygen atoms in total. The monoisotopic (exact) mass is 337 g/mol.